The van der Waals surface area contributed by atoms with Gasteiger partial charge in [-0.05, 0) is 43.4 Å². The van der Waals surface area contributed by atoms with Gasteiger partial charge >= 0.3 is 6.09 Å². The Morgan fingerprint density at radius 1 is 1.32 bits per heavy atom. The molecule has 9 heteroatoms. The summed E-state index contributed by atoms with van der Waals surface area (Å²) in [6, 6.07) is 0. The fraction of sp³-hybridized carbons (Fsp3) is 0.615. The van der Waals surface area contributed by atoms with Gasteiger partial charge in [0.05, 0.1) is 6.20 Å². The summed E-state index contributed by atoms with van der Waals surface area (Å²) >= 11 is 3.79. The fourth-order valence-corrected chi connectivity index (χ4v) is 3.76. The molecule has 1 fully saturated rings. The van der Waals surface area contributed by atoms with Gasteiger partial charge in [0.25, 0.3) is 0 Å². The number of halogens is 1. The quantitative estimate of drug-likeness (QED) is 0.645. The van der Waals surface area contributed by atoms with Gasteiger partial charge in [-0.1, -0.05) is 11.3 Å². The lowest BCUT2D eigenvalue weighted by Crippen LogP contribution is -2.50. The Labute approximate surface area is 146 Å². The van der Waals surface area contributed by atoms with E-state index >= 15 is 0 Å². The number of hydrogen-bond donors (Lipinski definition) is 0. The first-order valence-electron chi connectivity index (χ1n) is 7.06. The third kappa shape index (κ3) is 3.29. The lowest BCUT2D eigenvalue weighted by Gasteiger charge is -2.35. The van der Waals surface area contributed by atoms with E-state index in [2.05, 4.69) is 37.6 Å². The summed E-state index contributed by atoms with van der Waals surface area (Å²) in [6.45, 7) is 8.46. The average Bonchev–Trinajstić information content (AvgIpc) is 3.00. The van der Waals surface area contributed by atoms with E-state index < -0.39 is 5.60 Å². The molecule has 0 unspecified atom stereocenters. The Balaban J connectivity index is 1.62. The SMILES string of the molecule is CC(C)(C)OC(=O)N1CCN(c2nn3c(I)cnc3s2)CC1. The highest BCUT2D eigenvalue weighted by Gasteiger charge is 2.27. The minimum atomic E-state index is -0.453. The number of hydrogen-bond acceptors (Lipinski definition) is 6. The average molecular weight is 435 g/mol. The molecule has 0 aromatic carbocycles. The molecule has 3 heterocycles. The summed E-state index contributed by atoms with van der Waals surface area (Å²) in [5.41, 5.74) is -0.453. The summed E-state index contributed by atoms with van der Waals surface area (Å²) in [5, 5.41) is 5.53. The van der Waals surface area contributed by atoms with Gasteiger partial charge in [-0.3, -0.25) is 0 Å². The standard InChI is InChI=1S/C13H18IN5O2S/c1-13(2,3)21-12(20)18-6-4-17(5-7-18)11-16-19-9(14)8-15-10(19)22-11/h8H,4-7H2,1-3H3. The largest absolute Gasteiger partial charge is 0.444 e. The normalized spacial score (nSPS) is 16.4. The molecular formula is C13H18IN5O2S. The van der Waals surface area contributed by atoms with Crippen molar-refractivity contribution in [3.63, 3.8) is 0 Å². The molecule has 22 heavy (non-hydrogen) atoms. The van der Waals surface area contributed by atoms with Gasteiger partial charge in [-0.25, -0.2) is 9.78 Å². The summed E-state index contributed by atoms with van der Waals surface area (Å²) in [4.78, 5) is 21.2. The molecule has 1 aliphatic rings. The van der Waals surface area contributed by atoms with Crippen molar-refractivity contribution < 1.29 is 9.53 Å². The molecule has 0 N–H and O–H groups in total. The first-order chi connectivity index (χ1) is 10.3. The summed E-state index contributed by atoms with van der Waals surface area (Å²) < 4.78 is 8.26. The number of piperazine rings is 1. The molecule has 1 amide bonds. The van der Waals surface area contributed by atoms with Crippen molar-refractivity contribution in [3.8, 4) is 0 Å². The van der Waals surface area contributed by atoms with Crippen LogP contribution in [0.1, 0.15) is 20.8 Å². The van der Waals surface area contributed by atoms with Crippen molar-refractivity contribution in [2.45, 2.75) is 26.4 Å². The second-order valence-corrected chi connectivity index (χ2v) is 8.15. The molecule has 2 aromatic heterocycles. The maximum Gasteiger partial charge on any atom is 0.410 e. The maximum absolute atomic E-state index is 12.1. The van der Waals surface area contributed by atoms with Gasteiger partial charge in [0.2, 0.25) is 10.1 Å². The number of aromatic nitrogens is 3. The van der Waals surface area contributed by atoms with Gasteiger partial charge in [0, 0.05) is 26.2 Å². The predicted molar refractivity (Wildman–Crippen MR) is 93.6 cm³/mol. The predicted octanol–water partition coefficient (Wildman–Crippen LogP) is 2.45. The van der Waals surface area contributed by atoms with E-state index in [4.69, 9.17) is 4.74 Å². The third-order valence-corrected chi connectivity index (χ3v) is 4.95. The number of anilines is 1. The van der Waals surface area contributed by atoms with Crippen LogP contribution in [0.3, 0.4) is 0 Å². The Bertz CT molecular complexity index is 684. The van der Waals surface area contributed by atoms with Crippen LogP contribution in [0.4, 0.5) is 9.93 Å². The molecule has 0 aliphatic carbocycles. The highest BCUT2D eigenvalue weighted by Crippen LogP contribution is 2.25. The molecule has 3 rings (SSSR count). The number of rotatable bonds is 1. The first-order valence-corrected chi connectivity index (χ1v) is 8.96. The van der Waals surface area contributed by atoms with Crippen LogP contribution >= 0.6 is 33.9 Å². The van der Waals surface area contributed by atoms with Crippen LogP contribution in [0.15, 0.2) is 6.20 Å². The summed E-state index contributed by atoms with van der Waals surface area (Å²) in [7, 11) is 0. The number of fused-ring (bicyclic) bond motifs is 1. The minimum Gasteiger partial charge on any atom is -0.444 e. The number of ether oxygens (including phenoxy) is 1. The van der Waals surface area contributed by atoms with Crippen LogP contribution in [0.5, 0.6) is 0 Å². The number of carbonyl (C=O) groups is 1. The second kappa shape index (κ2) is 5.84. The van der Waals surface area contributed by atoms with E-state index in [9.17, 15) is 4.79 Å². The van der Waals surface area contributed by atoms with Crippen LogP contribution in [0, 0.1) is 3.70 Å². The molecule has 2 aromatic rings. The number of nitrogens with zero attached hydrogens (tertiary/aromatic N) is 5. The zero-order chi connectivity index (χ0) is 15.9. The number of amides is 1. The van der Waals surface area contributed by atoms with E-state index in [0.29, 0.717) is 13.1 Å². The lowest BCUT2D eigenvalue weighted by molar-refractivity contribution is 0.0240. The highest BCUT2D eigenvalue weighted by atomic mass is 127. The van der Waals surface area contributed by atoms with Gasteiger partial charge < -0.3 is 14.5 Å². The Morgan fingerprint density at radius 2 is 2.00 bits per heavy atom. The van der Waals surface area contributed by atoms with Gasteiger partial charge in [0.1, 0.15) is 9.30 Å². The minimum absolute atomic E-state index is 0.240. The molecule has 0 bridgehead atoms. The molecule has 1 aliphatic heterocycles. The van der Waals surface area contributed by atoms with Crippen LogP contribution in [-0.4, -0.2) is 57.4 Å². The zero-order valence-corrected chi connectivity index (χ0v) is 15.7. The number of imidazole rings is 1. The van der Waals surface area contributed by atoms with Crippen molar-refractivity contribution in [1.82, 2.24) is 19.5 Å². The van der Waals surface area contributed by atoms with E-state index in [1.54, 1.807) is 16.2 Å². The van der Waals surface area contributed by atoms with Crippen LogP contribution < -0.4 is 4.90 Å². The summed E-state index contributed by atoms with van der Waals surface area (Å²) in [6.07, 6.45) is 1.57. The Morgan fingerprint density at radius 3 is 2.59 bits per heavy atom. The number of carbonyl (C=O) groups excluding carboxylic acids is 1. The molecule has 120 valence electrons. The summed E-state index contributed by atoms with van der Waals surface area (Å²) in [5.74, 6) is 0. The van der Waals surface area contributed by atoms with E-state index in [1.807, 2.05) is 31.5 Å². The molecule has 0 saturated carbocycles. The van der Waals surface area contributed by atoms with Crippen LogP contribution in [-0.2, 0) is 4.74 Å². The zero-order valence-electron chi connectivity index (χ0n) is 12.7. The van der Waals surface area contributed by atoms with E-state index in [0.717, 1.165) is 26.9 Å². The molecule has 7 nitrogen and oxygen atoms in total. The Kier molecular flexibility index (Phi) is 4.19. The molecule has 0 radical (unpaired) electrons. The van der Waals surface area contributed by atoms with E-state index in [1.165, 1.54) is 0 Å². The van der Waals surface area contributed by atoms with Gasteiger partial charge in [-0.2, -0.15) is 4.52 Å². The molecule has 1 saturated heterocycles. The van der Waals surface area contributed by atoms with Crippen molar-refractivity contribution in [3.05, 3.63) is 9.90 Å². The first kappa shape index (κ1) is 15.8. The molecule has 0 spiro atoms. The molecular weight excluding hydrogens is 417 g/mol. The van der Waals surface area contributed by atoms with Crippen molar-refractivity contribution in [2.75, 3.05) is 31.1 Å². The van der Waals surface area contributed by atoms with Gasteiger partial charge in [-0.15, -0.1) is 5.10 Å². The third-order valence-electron chi connectivity index (χ3n) is 3.24. The molecule has 0 atom stereocenters. The topological polar surface area (TPSA) is 63.0 Å². The fourth-order valence-electron chi connectivity index (χ4n) is 2.19. The van der Waals surface area contributed by atoms with Crippen LogP contribution in [0.25, 0.3) is 4.96 Å². The lowest BCUT2D eigenvalue weighted by atomic mass is 10.2. The maximum atomic E-state index is 12.1. The van der Waals surface area contributed by atoms with Gasteiger partial charge in [0.15, 0.2) is 0 Å². The van der Waals surface area contributed by atoms with Crippen molar-refractivity contribution in [2.24, 2.45) is 0 Å². The van der Waals surface area contributed by atoms with E-state index in [-0.39, 0.29) is 6.09 Å². The van der Waals surface area contributed by atoms with Crippen LogP contribution in [0.2, 0.25) is 0 Å². The Hall–Kier alpha value is -1.10. The van der Waals surface area contributed by atoms with Crippen molar-refractivity contribution in [1.29, 1.82) is 0 Å². The monoisotopic (exact) mass is 435 g/mol. The van der Waals surface area contributed by atoms with Crippen molar-refractivity contribution >= 4 is 50.1 Å². The smallest absolute Gasteiger partial charge is 0.410 e. The second-order valence-electron chi connectivity index (χ2n) is 6.11. The highest BCUT2D eigenvalue weighted by molar-refractivity contribution is 14.1.